The predicted octanol–water partition coefficient (Wildman–Crippen LogP) is 5.29. The summed E-state index contributed by atoms with van der Waals surface area (Å²) in [5.74, 6) is 2.37. The van der Waals surface area contributed by atoms with Gasteiger partial charge in [0, 0.05) is 34.6 Å². The Morgan fingerprint density at radius 2 is 2.00 bits per heavy atom. The Hall–Kier alpha value is -3.13. The molecular weight excluding hydrogens is 410 g/mol. The molecule has 2 heterocycles. The third-order valence-electron chi connectivity index (χ3n) is 5.05. The molecule has 2 aromatic carbocycles. The molecule has 0 fully saturated rings. The van der Waals surface area contributed by atoms with E-state index in [1.807, 2.05) is 30.3 Å². The summed E-state index contributed by atoms with van der Waals surface area (Å²) in [6, 6.07) is 15.1. The zero-order valence-electron chi connectivity index (χ0n) is 17.6. The summed E-state index contributed by atoms with van der Waals surface area (Å²) in [5, 5.41) is 6.58. The van der Waals surface area contributed by atoms with Crippen LogP contribution in [0, 0.1) is 4.78 Å². The fourth-order valence-corrected chi connectivity index (χ4v) is 4.86. The molecule has 3 aromatic rings. The lowest BCUT2D eigenvalue weighted by Gasteiger charge is -2.13. The minimum Gasteiger partial charge on any atom is -0.494 e. The first-order valence-electron chi connectivity index (χ1n) is 10.5. The van der Waals surface area contributed by atoms with E-state index in [1.54, 1.807) is 24.4 Å². The van der Waals surface area contributed by atoms with Crippen LogP contribution in [0.15, 0.2) is 59.6 Å². The number of hydrogen-bond acceptors (Lipinski definition) is 7. The van der Waals surface area contributed by atoms with Crippen LogP contribution >= 0.6 is 0 Å². The van der Waals surface area contributed by atoms with Crippen LogP contribution in [0.4, 0.5) is 17.5 Å². The van der Waals surface area contributed by atoms with Crippen molar-refractivity contribution in [1.82, 2.24) is 9.97 Å². The minimum atomic E-state index is -2.82. The van der Waals surface area contributed by atoms with Gasteiger partial charge in [0.2, 0.25) is 5.95 Å². The second kappa shape index (κ2) is 9.34. The van der Waals surface area contributed by atoms with Gasteiger partial charge in [-0.3, -0.25) is 0 Å². The lowest BCUT2D eigenvalue weighted by Crippen LogP contribution is -2.09. The maximum absolute atomic E-state index is 12.8. The summed E-state index contributed by atoms with van der Waals surface area (Å²) in [4.78, 5) is 9.71. The van der Waals surface area contributed by atoms with E-state index in [0.717, 1.165) is 35.5 Å². The van der Waals surface area contributed by atoms with Gasteiger partial charge in [-0.2, -0.15) is 4.98 Å². The topological polar surface area (TPSA) is 100.0 Å². The number of nitrogens with one attached hydrogen (secondary N) is 3. The molecule has 0 radical (unpaired) electrons. The van der Waals surface area contributed by atoms with Crippen LogP contribution in [-0.2, 0) is 9.73 Å². The zero-order chi connectivity index (χ0) is 21.7. The van der Waals surface area contributed by atoms with Crippen LogP contribution in [0.2, 0.25) is 0 Å². The molecule has 1 aliphatic rings. The summed E-state index contributed by atoms with van der Waals surface area (Å²) in [6.45, 7) is 3.45. The van der Waals surface area contributed by atoms with E-state index < -0.39 is 9.73 Å². The van der Waals surface area contributed by atoms with Gasteiger partial charge in [-0.05, 0) is 55.2 Å². The molecule has 0 saturated heterocycles. The highest BCUT2D eigenvalue weighted by molar-refractivity contribution is 7.92. The third kappa shape index (κ3) is 5.14. The van der Waals surface area contributed by atoms with E-state index >= 15 is 0 Å². The summed E-state index contributed by atoms with van der Waals surface area (Å²) in [5.41, 5.74) is 2.62. The maximum atomic E-state index is 12.8. The van der Waals surface area contributed by atoms with Crippen molar-refractivity contribution in [2.45, 2.75) is 31.1 Å². The molecule has 0 amide bonds. The van der Waals surface area contributed by atoms with E-state index in [9.17, 15) is 4.21 Å². The number of anilines is 3. The van der Waals surface area contributed by atoms with Crippen molar-refractivity contribution in [1.29, 1.82) is 4.78 Å². The first kappa shape index (κ1) is 21.1. The summed E-state index contributed by atoms with van der Waals surface area (Å²) in [7, 11) is -2.82. The number of hydrogen-bond donors (Lipinski definition) is 3. The average Bonchev–Trinajstić information content (AvgIpc) is 2.78. The van der Waals surface area contributed by atoms with Gasteiger partial charge in [0.1, 0.15) is 11.6 Å². The van der Waals surface area contributed by atoms with Gasteiger partial charge >= 0.3 is 0 Å². The fourth-order valence-electron chi connectivity index (χ4n) is 3.40. The number of aromatic nitrogens is 2. The third-order valence-corrected chi connectivity index (χ3v) is 6.93. The van der Waals surface area contributed by atoms with Gasteiger partial charge in [-0.15, -0.1) is 0 Å². The van der Waals surface area contributed by atoms with Crippen molar-refractivity contribution in [3.05, 3.63) is 54.7 Å². The Bertz CT molecular complexity index is 1150. The highest BCUT2D eigenvalue weighted by Gasteiger charge is 2.14. The Labute approximate surface area is 183 Å². The Balaban J connectivity index is 1.66. The lowest BCUT2D eigenvalue weighted by molar-refractivity contribution is 0.317. The average molecular weight is 438 g/mol. The molecule has 4 rings (SSSR count). The molecule has 1 unspecified atom stereocenters. The number of nitrogens with zero attached hydrogens (tertiary/aromatic N) is 2. The molecule has 1 aromatic heterocycles. The van der Waals surface area contributed by atoms with Gasteiger partial charge in [0.05, 0.1) is 16.3 Å². The molecular formula is C23H27N5O2S. The summed E-state index contributed by atoms with van der Waals surface area (Å²) < 4.78 is 26.8. The largest absolute Gasteiger partial charge is 0.494 e. The highest BCUT2D eigenvalue weighted by Crippen LogP contribution is 2.30. The molecule has 3 N–H and O–H groups in total. The quantitative estimate of drug-likeness (QED) is 0.513. The number of rotatable bonds is 4. The normalized spacial score (nSPS) is 18.5. The molecule has 1 aliphatic heterocycles. The van der Waals surface area contributed by atoms with Crippen LogP contribution in [-0.4, -0.2) is 33.1 Å². The van der Waals surface area contributed by atoms with E-state index in [2.05, 4.69) is 22.5 Å². The number of fused-ring (bicyclic) bond motifs is 4. The molecule has 162 valence electrons. The standard InChI is InChI=1S/C23H27N5O2S/c1-2-13-30-19-10-8-17(9-11-19)21-16-26-23-27-18-6-5-7-20(15-18)31(24,29)14-4-3-12-25-22(21)28-23/h5-11,15-16,24H,2-4,12-14H2,1H3,(H2,25,26,27,28). The monoisotopic (exact) mass is 437 g/mol. The van der Waals surface area contributed by atoms with Crippen LogP contribution in [0.25, 0.3) is 11.1 Å². The van der Waals surface area contributed by atoms with Gasteiger partial charge in [0.15, 0.2) is 0 Å². The SMILES string of the molecule is CCCOc1ccc(-c2cnc3nc2NCCCCS(=N)(=O)c2cccc(c2)N3)cc1. The Morgan fingerprint density at radius 1 is 1.16 bits per heavy atom. The molecule has 8 heteroatoms. The van der Waals surface area contributed by atoms with Gasteiger partial charge in [-0.1, -0.05) is 25.1 Å². The van der Waals surface area contributed by atoms with Crippen LogP contribution in [0.5, 0.6) is 5.75 Å². The molecule has 0 saturated carbocycles. The lowest BCUT2D eigenvalue weighted by atomic mass is 10.1. The molecule has 1 atom stereocenters. The second-order valence-corrected chi connectivity index (χ2v) is 9.72. The number of benzene rings is 2. The Morgan fingerprint density at radius 3 is 2.81 bits per heavy atom. The molecule has 7 nitrogen and oxygen atoms in total. The van der Waals surface area contributed by atoms with Crippen molar-refractivity contribution >= 4 is 27.2 Å². The van der Waals surface area contributed by atoms with Crippen molar-refractivity contribution in [3.63, 3.8) is 0 Å². The second-order valence-electron chi connectivity index (χ2n) is 7.49. The van der Waals surface area contributed by atoms with E-state index in [0.29, 0.717) is 41.9 Å². The first-order valence-corrected chi connectivity index (χ1v) is 12.3. The minimum absolute atomic E-state index is 0.341. The molecule has 31 heavy (non-hydrogen) atoms. The van der Waals surface area contributed by atoms with Crippen molar-refractivity contribution in [2.75, 3.05) is 29.5 Å². The Kier molecular flexibility index (Phi) is 6.36. The van der Waals surface area contributed by atoms with Gasteiger partial charge < -0.3 is 15.4 Å². The molecule has 0 aliphatic carbocycles. The summed E-state index contributed by atoms with van der Waals surface area (Å²) in [6.07, 6.45) is 4.27. The predicted molar refractivity (Wildman–Crippen MR) is 125 cm³/mol. The van der Waals surface area contributed by atoms with Crippen molar-refractivity contribution < 1.29 is 8.95 Å². The number of ether oxygens (including phenoxy) is 1. The molecule has 4 bridgehead atoms. The maximum Gasteiger partial charge on any atom is 0.229 e. The smallest absolute Gasteiger partial charge is 0.229 e. The molecule has 0 spiro atoms. The summed E-state index contributed by atoms with van der Waals surface area (Å²) >= 11 is 0. The van der Waals surface area contributed by atoms with E-state index in [-0.39, 0.29) is 0 Å². The van der Waals surface area contributed by atoms with E-state index in [4.69, 9.17) is 14.5 Å². The van der Waals surface area contributed by atoms with Crippen molar-refractivity contribution in [3.8, 4) is 16.9 Å². The first-order chi connectivity index (χ1) is 15.0. The van der Waals surface area contributed by atoms with Crippen molar-refractivity contribution in [2.24, 2.45) is 0 Å². The zero-order valence-corrected chi connectivity index (χ0v) is 18.4. The fraction of sp³-hybridized carbons (Fsp3) is 0.304. The van der Waals surface area contributed by atoms with Crippen LogP contribution < -0.4 is 15.4 Å². The van der Waals surface area contributed by atoms with Gasteiger partial charge in [0.25, 0.3) is 0 Å². The van der Waals surface area contributed by atoms with E-state index in [1.165, 1.54) is 0 Å². The van der Waals surface area contributed by atoms with Gasteiger partial charge in [-0.25, -0.2) is 14.0 Å². The van der Waals surface area contributed by atoms with Crippen LogP contribution in [0.3, 0.4) is 0 Å². The van der Waals surface area contributed by atoms with Crippen LogP contribution in [0.1, 0.15) is 26.2 Å². The highest BCUT2D eigenvalue weighted by atomic mass is 32.2.